The molecule has 0 saturated carbocycles. The van der Waals surface area contributed by atoms with Gasteiger partial charge in [0, 0.05) is 0 Å². The van der Waals surface area contributed by atoms with Crippen LogP contribution in [-0.2, 0) is 4.74 Å². The molecule has 54 valence electrons. The average Bonchev–Trinajstić information content (AvgIpc) is 2.10. The normalized spacial score (nSPS) is 33.0. The van der Waals surface area contributed by atoms with Crippen molar-refractivity contribution in [2.45, 2.75) is 25.6 Å². The molecule has 3 heteroatoms. The van der Waals surface area contributed by atoms with Crippen LogP contribution in [0, 0.1) is 0 Å². The highest BCUT2D eigenvalue weighted by Gasteiger charge is 2.29. The van der Waals surface area contributed by atoms with Crippen LogP contribution in [0.25, 0.3) is 0 Å². The van der Waals surface area contributed by atoms with E-state index in [-0.39, 0.29) is 18.4 Å². The Morgan fingerprint density at radius 1 is 1.78 bits per heavy atom. The molecule has 1 saturated heterocycles. The van der Waals surface area contributed by atoms with E-state index in [1.165, 1.54) is 0 Å². The summed E-state index contributed by atoms with van der Waals surface area (Å²) >= 11 is 0. The number of rotatable bonds is 1. The lowest BCUT2D eigenvalue weighted by atomic mass is 10.3. The van der Waals surface area contributed by atoms with Gasteiger partial charge in [-0.2, -0.15) is 0 Å². The molecule has 0 radical (unpaired) electrons. The standard InChI is InChI=1S/C6H13NO2/c1-6(2)7-5(3-8)4-9-6/h5,7-8H,3-4H2,1-2H3. The molecule has 0 aromatic carbocycles. The van der Waals surface area contributed by atoms with Gasteiger partial charge in [0.1, 0.15) is 5.72 Å². The molecular formula is C6H13NO2. The summed E-state index contributed by atoms with van der Waals surface area (Å²) in [6.07, 6.45) is 0. The Kier molecular flexibility index (Phi) is 1.75. The molecule has 1 fully saturated rings. The van der Waals surface area contributed by atoms with Crippen molar-refractivity contribution in [3.05, 3.63) is 0 Å². The van der Waals surface area contributed by atoms with E-state index in [9.17, 15) is 0 Å². The van der Waals surface area contributed by atoms with Gasteiger partial charge in [0.25, 0.3) is 0 Å². The summed E-state index contributed by atoms with van der Waals surface area (Å²) < 4.78 is 5.27. The van der Waals surface area contributed by atoms with Gasteiger partial charge in [-0.15, -0.1) is 0 Å². The van der Waals surface area contributed by atoms with Gasteiger partial charge in [0.15, 0.2) is 0 Å². The van der Waals surface area contributed by atoms with Crippen molar-refractivity contribution in [1.82, 2.24) is 5.32 Å². The number of aliphatic hydroxyl groups excluding tert-OH is 1. The van der Waals surface area contributed by atoms with Gasteiger partial charge >= 0.3 is 0 Å². The Morgan fingerprint density at radius 3 is 2.67 bits per heavy atom. The van der Waals surface area contributed by atoms with Crippen molar-refractivity contribution in [2.24, 2.45) is 0 Å². The van der Waals surface area contributed by atoms with E-state index in [1.54, 1.807) is 0 Å². The molecular weight excluding hydrogens is 118 g/mol. The van der Waals surface area contributed by atoms with E-state index in [0.29, 0.717) is 6.61 Å². The lowest BCUT2D eigenvalue weighted by Gasteiger charge is -2.17. The third kappa shape index (κ3) is 1.64. The van der Waals surface area contributed by atoms with Gasteiger partial charge in [-0.05, 0) is 13.8 Å². The van der Waals surface area contributed by atoms with Crippen LogP contribution in [-0.4, -0.2) is 30.1 Å². The van der Waals surface area contributed by atoms with Gasteiger partial charge in [-0.3, -0.25) is 5.32 Å². The average molecular weight is 131 g/mol. The highest BCUT2D eigenvalue weighted by molar-refractivity contribution is 4.80. The minimum Gasteiger partial charge on any atom is -0.395 e. The van der Waals surface area contributed by atoms with Crippen molar-refractivity contribution >= 4 is 0 Å². The van der Waals surface area contributed by atoms with E-state index < -0.39 is 0 Å². The Hall–Kier alpha value is -0.120. The fraction of sp³-hybridized carbons (Fsp3) is 1.00. The number of nitrogens with one attached hydrogen (secondary N) is 1. The monoisotopic (exact) mass is 131 g/mol. The van der Waals surface area contributed by atoms with E-state index in [0.717, 1.165) is 0 Å². The Labute approximate surface area is 55.0 Å². The minimum atomic E-state index is -0.243. The summed E-state index contributed by atoms with van der Waals surface area (Å²) in [4.78, 5) is 0. The fourth-order valence-electron chi connectivity index (χ4n) is 0.982. The number of aliphatic hydroxyl groups is 1. The van der Waals surface area contributed by atoms with E-state index in [4.69, 9.17) is 9.84 Å². The molecule has 9 heavy (non-hydrogen) atoms. The quantitative estimate of drug-likeness (QED) is 0.513. The molecule has 1 atom stereocenters. The first-order valence-electron chi connectivity index (χ1n) is 3.16. The summed E-state index contributed by atoms with van der Waals surface area (Å²) in [6.45, 7) is 4.66. The van der Waals surface area contributed by atoms with Crippen LogP contribution in [0.2, 0.25) is 0 Å². The van der Waals surface area contributed by atoms with Crippen LogP contribution in [0.15, 0.2) is 0 Å². The van der Waals surface area contributed by atoms with Gasteiger partial charge < -0.3 is 9.84 Å². The number of hydrogen-bond donors (Lipinski definition) is 2. The molecule has 3 nitrogen and oxygen atoms in total. The van der Waals surface area contributed by atoms with Crippen molar-refractivity contribution < 1.29 is 9.84 Å². The first-order valence-corrected chi connectivity index (χ1v) is 3.16. The number of ether oxygens (including phenoxy) is 1. The zero-order chi connectivity index (χ0) is 6.91. The molecule has 0 bridgehead atoms. The molecule has 0 aromatic heterocycles. The molecule has 0 aliphatic carbocycles. The third-order valence-corrected chi connectivity index (χ3v) is 1.42. The molecule has 0 amide bonds. The lowest BCUT2D eigenvalue weighted by Crippen LogP contribution is -2.39. The molecule has 1 aliphatic rings. The Balaban J connectivity index is 2.38. The summed E-state index contributed by atoms with van der Waals surface area (Å²) in [5.41, 5.74) is -0.243. The van der Waals surface area contributed by atoms with Crippen LogP contribution < -0.4 is 5.32 Å². The van der Waals surface area contributed by atoms with E-state index >= 15 is 0 Å². The molecule has 1 rings (SSSR count). The van der Waals surface area contributed by atoms with Crippen LogP contribution in [0.1, 0.15) is 13.8 Å². The molecule has 1 unspecified atom stereocenters. The Bertz CT molecular complexity index is 103. The Morgan fingerprint density at radius 2 is 2.44 bits per heavy atom. The molecule has 2 N–H and O–H groups in total. The van der Waals surface area contributed by atoms with Crippen molar-refractivity contribution in [1.29, 1.82) is 0 Å². The third-order valence-electron chi connectivity index (χ3n) is 1.42. The lowest BCUT2D eigenvalue weighted by molar-refractivity contribution is 0.0230. The van der Waals surface area contributed by atoms with Gasteiger partial charge in [-0.25, -0.2) is 0 Å². The van der Waals surface area contributed by atoms with Crippen LogP contribution in [0.5, 0.6) is 0 Å². The molecule has 1 heterocycles. The summed E-state index contributed by atoms with van der Waals surface area (Å²) in [5.74, 6) is 0. The van der Waals surface area contributed by atoms with Gasteiger partial charge in [0.05, 0.1) is 19.3 Å². The second-order valence-electron chi connectivity index (χ2n) is 2.85. The van der Waals surface area contributed by atoms with Gasteiger partial charge in [-0.1, -0.05) is 0 Å². The molecule has 1 aliphatic heterocycles. The van der Waals surface area contributed by atoms with Crippen molar-refractivity contribution in [3.63, 3.8) is 0 Å². The first-order chi connectivity index (χ1) is 4.14. The zero-order valence-corrected chi connectivity index (χ0v) is 5.85. The smallest absolute Gasteiger partial charge is 0.114 e. The first kappa shape index (κ1) is 6.99. The molecule has 0 spiro atoms. The zero-order valence-electron chi connectivity index (χ0n) is 5.85. The summed E-state index contributed by atoms with van der Waals surface area (Å²) in [6, 6.07) is 0.125. The SMILES string of the molecule is CC1(C)NC(CO)CO1. The molecule has 0 aromatic rings. The summed E-state index contributed by atoms with van der Waals surface area (Å²) in [5, 5.41) is 11.8. The second kappa shape index (κ2) is 2.25. The van der Waals surface area contributed by atoms with E-state index in [2.05, 4.69) is 5.32 Å². The van der Waals surface area contributed by atoms with Crippen molar-refractivity contribution in [2.75, 3.05) is 13.2 Å². The minimum absolute atomic E-state index is 0.125. The maximum atomic E-state index is 8.66. The predicted molar refractivity (Wildman–Crippen MR) is 34.0 cm³/mol. The van der Waals surface area contributed by atoms with Crippen molar-refractivity contribution in [3.8, 4) is 0 Å². The topological polar surface area (TPSA) is 41.5 Å². The van der Waals surface area contributed by atoms with Crippen LogP contribution in [0.4, 0.5) is 0 Å². The number of hydrogen-bond acceptors (Lipinski definition) is 3. The maximum absolute atomic E-state index is 8.66. The maximum Gasteiger partial charge on any atom is 0.114 e. The van der Waals surface area contributed by atoms with Crippen LogP contribution >= 0.6 is 0 Å². The largest absolute Gasteiger partial charge is 0.395 e. The second-order valence-corrected chi connectivity index (χ2v) is 2.85. The van der Waals surface area contributed by atoms with Crippen LogP contribution in [0.3, 0.4) is 0 Å². The predicted octanol–water partition coefficient (Wildman–Crippen LogP) is -0.297. The highest BCUT2D eigenvalue weighted by Crippen LogP contribution is 2.12. The van der Waals surface area contributed by atoms with Gasteiger partial charge in [0.2, 0.25) is 0 Å². The fourth-order valence-corrected chi connectivity index (χ4v) is 0.982. The van der Waals surface area contributed by atoms with E-state index in [1.807, 2.05) is 13.8 Å². The highest BCUT2D eigenvalue weighted by atomic mass is 16.5. The summed E-state index contributed by atoms with van der Waals surface area (Å²) in [7, 11) is 0.